The number of phenolic OH excluding ortho intramolecular Hbond substituents is 4. The third-order valence-electron chi connectivity index (χ3n) is 12.3. The molecule has 0 atom stereocenters. The molecule has 8 aromatic carbocycles. The highest BCUT2D eigenvalue weighted by molar-refractivity contribution is 6.13. The smallest absolute Gasteiger partial charge is 0.341 e. The number of rotatable bonds is 15. The Bertz CT molecular complexity index is 3710. The first-order valence-electron chi connectivity index (χ1n) is 25.0. The van der Waals surface area contributed by atoms with Gasteiger partial charge in [0.25, 0.3) is 0 Å². The van der Waals surface area contributed by atoms with Crippen LogP contribution in [0, 0.1) is 13.8 Å². The second kappa shape index (κ2) is 29.9. The molecule has 432 valence electrons. The highest BCUT2D eigenvalue weighted by Crippen LogP contribution is 2.27. The Balaban J connectivity index is 0.000000205. The molecule has 0 spiro atoms. The van der Waals surface area contributed by atoms with Crippen molar-refractivity contribution in [3.63, 3.8) is 0 Å². The number of aromatic hydroxyl groups is 4. The Kier molecular flexibility index (Phi) is 22.7. The van der Waals surface area contributed by atoms with Gasteiger partial charge in [0.2, 0.25) is 0 Å². The lowest BCUT2D eigenvalue weighted by Crippen LogP contribution is -2.08. The number of methoxy groups -OCH3 is 7. The summed E-state index contributed by atoms with van der Waals surface area (Å²) in [6.07, 6.45) is 0. The lowest BCUT2D eigenvalue weighted by atomic mass is 9.96. The van der Waals surface area contributed by atoms with Crippen molar-refractivity contribution in [2.75, 3.05) is 49.8 Å². The second-order valence-corrected chi connectivity index (χ2v) is 17.7. The molecule has 8 rings (SSSR count). The SMILES string of the molecule is COC(=O)c1cc(OC)cc(C(=O)c2ccc(O)cc2)c1.COC(=O)c1ccc(C(=O)c2ccc(O)cc2)cc1OC.COC(=O)c1ccc(C)c(C(=O)c2ccc(O)c(C)c2)c1.COC(=O)c1ccc(OC)c(C(=O)c2ccc(O)cc2)c1. The van der Waals surface area contributed by atoms with Crippen LogP contribution in [0.3, 0.4) is 0 Å². The maximum Gasteiger partial charge on any atom is 0.341 e. The average molecular weight is 1140 g/mol. The molecule has 0 aromatic heterocycles. The molecule has 0 bridgehead atoms. The standard InChI is InChI=1S/C17H16O4.3C16H14O5/c1-10-4-5-13(17(20)21-3)9-14(10)16(19)12-6-7-15(18)11(2)8-12;1-20-14-8-5-11(16(19)21-2)9-13(14)15(18)10-3-6-12(17)7-4-10;1-20-14-9-11(5-8-13(14)16(19)21-2)15(18)10-3-6-12(17)7-4-10;1-20-14-8-11(7-12(9-14)16(19)21-2)15(18)10-3-5-13(17)6-4-10/h4-9,18H,1-3H3;3*3-9,17H,1-2H3. The Morgan fingerprint density at radius 2 is 0.679 bits per heavy atom. The first-order valence-corrected chi connectivity index (χ1v) is 25.0. The Labute approximate surface area is 482 Å². The Hall–Kier alpha value is -11.1. The quantitative estimate of drug-likeness (QED) is 0.0422. The number of ether oxygens (including phenoxy) is 7. The minimum Gasteiger partial charge on any atom is -0.508 e. The summed E-state index contributed by atoms with van der Waals surface area (Å²) in [7, 11) is 9.42. The van der Waals surface area contributed by atoms with Gasteiger partial charge in [-0.15, -0.1) is 0 Å². The van der Waals surface area contributed by atoms with Crippen molar-refractivity contribution >= 4 is 47.0 Å². The summed E-state index contributed by atoms with van der Waals surface area (Å²) >= 11 is 0. The molecule has 84 heavy (non-hydrogen) atoms. The third kappa shape index (κ3) is 16.5. The van der Waals surface area contributed by atoms with Crippen molar-refractivity contribution in [3.05, 3.63) is 242 Å². The van der Waals surface area contributed by atoms with Gasteiger partial charge in [-0.2, -0.15) is 0 Å². The fraction of sp³-hybridized carbons (Fsp3) is 0.138. The molecule has 0 heterocycles. The van der Waals surface area contributed by atoms with Gasteiger partial charge in [-0.05, 0) is 183 Å². The summed E-state index contributed by atoms with van der Waals surface area (Å²) in [4.78, 5) is 96.1. The molecular formula is C65H58O19. The molecule has 19 nitrogen and oxygen atoms in total. The molecule has 0 saturated heterocycles. The molecule has 0 amide bonds. The second-order valence-electron chi connectivity index (χ2n) is 17.7. The minimum absolute atomic E-state index is 0.0711. The number of ketones is 4. The van der Waals surface area contributed by atoms with E-state index in [9.17, 15) is 58.8 Å². The van der Waals surface area contributed by atoms with Gasteiger partial charge in [0.1, 0.15) is 45.8 Å². The van der Waals surface area contributed by atoms with Crippen LogP contribution in [0.4, 0.5) is 0 Å². The van der Waals surface area contributed by atoms with Gasteiger partial charge in [-0.1, -0.05) is 6.07 Å². The van der Waals surface area contributed by atoms with Crippen molar-refractivity contribution in [1.82, 2.24) is 0 Å². The van der Waals surface area contributed by atoms with E-state index in [-0.39, 0.29) is 74.1 Å². The van der Waals surface area contributed by atoms with Crippen molar-refractivity contribution in [2.24, 2.45) is 0 Å². The van der Waals surface area contributed by atoms with Crippen molar-refractivity contribution in [2.45, 2.75) is 13.8 Å². The van der Waals surface area contributed by atoms with Crippen LogP contribution >= 0.6 is 0 Å². The van der Waals surface area contributed by atoms with E-state index in [1.54, 1.807) is 43.3 Å². The molecule has 0 fully saturated rings. The number of phenols is 4. The highest BCUT2D eigenvalue weighted by Gasteiger charge is 2.21. The molecule has 0 aliphatic heterocycles. The average Bonchev–Trinajstić information content (AvgIpc) is 3.46. The van der Waals surface area contributed by atoms with E-state index >= 15 is 0 Å². The lowest BCUT2D eigenvalue weighted by molar-refractivity contribution is 0.0588. The zero-order chi connectivity index (χ0) is 61.8. The van der Waals surface area contributed by atoms with E-state index in [4.69, 9.17) is 14.2 Å². The monoisotopic (exact) mass is 1140 g/mol. The molecule has 19 heteroatoms. The van der Waals surface area contributed by atoms with E-state index in [2.05, 4.69) is 18.9 Å². The number of aryl methyl sites for hydroxylation is 2. The van der Waals surface area contributed by atoms with Crippen LogP contribution in [-0.4, -0.2) is 117 Å². The van der Waals surface area contributed by atoms with Gasteiger partial charge < -0.3 is 53.6 Å². The number of benzene rings is 8. The molecule has 0 aliphatic carbocycles. The van der Waals surface area contributed by atoms with Crippen molar-refractivity contribution in [1.29, 1.82) is 0 Å². The number of hydrogen-bond donors (Lipinski definition) is 4. The van der Waals surface area contributed by atoms with Crippen LogP contribution in [0.2, 0.25) is 0 Å². The number of esters is 4. The van der Waals surface area contributed by atoms with Gasteiger partial charge in [-0.25, -0.2) is 19.2 Å². The summed E-state index contributed by atoms with van der Waals surface area (Å²) < 4.78 is 34.0. The maximum absolute atomic E-state index is 12.6. The normalized spacial score (nSPS) is 10.1. The first kappa shape index (κ1) is 63.7. The molecule has 0 aliphatic rings. The van der Waals surface area contributed by atoms with Gasteiger partial charge in [-0.3, -0.25) is 19.2 Å². The van der Waals surface area contributed by atoms with Crippen LogP contribution in [0.5, 0.6) is 40.2 Å². The summed E-state index contributed by atoms with van der Waals surface area (Å²) in [6, 6.07) is 40.7. The van der Waals surface area contributed by atoms with Crippen LogP contribution in [-0.2, 0) is 18.9 Å². The molecule has 8 aromatic rings. The zero-order valence-corrected chi connectivity index (χ0v) is 47.0. The van der Waals surface area contributed by atoms with Gasteiger partial charge in [0.15, 0.2) is 23.1 Å². The molecule has 0 unspecified atom stereocenters. The fourth-order valence-electron chi connectivity index (χ4n) is 7.72. The van der Waals surface area contributed by atoms with E-state index in [0.29, 0.717) is 61.6 Å². The summed E-state index contributed by atoms with van der Waals surface area (Å²) in [5.74, 6) is -1.70. The van der Waals surface area contributed by atoms with Crippen LogP contribution < -0.4 is 14.2 Å². The van der Waals surface area contributed by atoms with E-state index < -0.39 is 23.9 Å². The van der Waals surface area contributed by atoms with Crippen molar-refractivity contribution < 1.29 is 91.9 Å². The number of carbonyl (C=O) groups is 8. The largest absolute Gasteiger partial charge is 0.508 e. The maximum atomic E-state index is 12.6. The highest BCUT2D eigenvalue weighted by atomic mass is 16.5. The van der Waals surface area contributed by atoms with Crippen LogP contribution in [0.25, 0.3) is 0 Å². The summed E-state index contributed by atoms with van der Waals surface area (Å²) in [5, 5.41) is 37.3. The van der Waals surface area contributed by atoms with Crippen LogP contribution in [0.1, 0.15) is 116 Å². The minimum atomic E-state index is -0.548. The first-order chi connectivity index (χ1) is 40.1. The summed E-state index contributed by atoms with van der Waals surface area (Å²) in [6.45, 7) is 3.53. The number of carbonyl (C=O) groups excluding carboxylic acids is 8. The Morgan fingerprint density at radius 1 is 0.286 bits per heavy atom. The van der Waals surface area contributed by atoms with Crippen LogP contribution in [0.15, 0.2) is 164 Å². The van der Waals surface area contributed by atoms with Gasteiger partial charge in [0, 0.05) is 38.9 Å². The molecule has 4 N–H and O–H groups in total. The predicted octanol–water partition coefficient (Wildman–Crippen LogP) is 10.3. The lowest BCUT2D eigenvalue weighted by Gasteiger charge is -2.09. The topological polar surface area (TPSA) is 282 Å². The summed E-state index contributed by atoms with van der Waals surface area (Å²) in [5.41, 5.74) is 5.56. The third-order valence-corrected chi connectivity index (χ3v) is 12.3. The van der Waals surface area contributed by atoms with Gasteiger partial charge >= 0.3 is 23.9 Å². The predicted molar refractivity (Wildman–Crippen MR) is 306 cm³/mol. The van der Waals surface area contributed by atoms with Gasteiger partial charge in [0.05, 0.1) is 72.0 Å². The fourth-order valence-corrected chi connectivity index (χ4v) is 7.72. The van der Waals surface area contributed by atoms with E-state index in [1.807, 2.05) is 6.92 Å². The molecular weight excluding hydrogens is 1080 g/mol. The zero-order valence-electron chi connectivity index (χ0n) is 47.0. The van der Waals surface area contributed by atoms with E-state index in [1.165, 1.54) is 177 Å². The van der Waals surface area contributed by atoms with Crippen molar-refractivity contribution in [3.8, 4) is 40.2 Å². The molecule has 0 saturated carbocycles. The van der Waals surface area contributed by atoms with E-state index in [0.717, 1.165) is 5.56 Å². The number of hydrogen-bond acceptors (Lipinski definition) is 19. The molecule has 0 radical (unpaired) electrons. The Morgan fingerprint density at radius 3 is 1.15 bits per heavy atom.